The van der Waals surface area contributed by atoms with Crippen molar-refractivity contribution in [3.05, 3.63) is 56.2 Å². The highest BCUT2D eigenvalue weighted by atomic mass is 16.5. The van der Waals surface area contributed by atoms with Gasteiger partial charge in [0.25, 0.3) is 5.56 Å². The Labute approximate surface area is 160 Å². The summed E-state index contributed by atoms with van der Waals surface area (Å²) >= 11 is 0. The number of H-pyrrole nitrogens is 1. The molecule has 0 aliphatic heterocycles. The molecule has 0 bridgehead atoms. The number of nitrogens with one attached hydrogen (secondary N) is 1. The molecule has 1 aromatic heterocycles. The number of aromatic amines is 1. The van der Waals surface area contributed by atoms with E-state index in [9.17, 15) is 19.5 Å². The fourth-order valence-electron chi connectivity index (χ4n) is 2.57. The van der Waals surface area contributed by atoms with Crippen molar-refractivity contribution in [1.29, 1.82) is 0 Å². The minimum atomic E-state index is -0.960. The number of ketones is 1. The lowest BCUT2D eigenvalue weighted by Gasteiger charge is -2.10. The van der Waals surface area contributed by atoms with Gasteiger partial charge in [-0.3, -0.25) is 19.1 Å². The maximum Gasteiger partial charge on any atom is 0.331 e. The highest BCUT2D eigenvalue weighted by Crippen LogP contribution is 2.25. The van der Waals surface area contributed by atoms with Crippen LogP contribution in [0.2, 0.25) is 0 Å². The van der Waals surface area contributed by atoms with Gasteiger partial charge in [-0.1, -0.05) is 0 Å². The number of hydrogen-bond acceptors (Lipinski definition) is 7. The summed E-state index contributed by atoms with van der Waals surface area (Å²) in [5.41, 5.74) is -1.74. The topological polar surface area (TPSA) is 120 Å². The Morgan fingerprint density at radius 3 is 2.61 bits per heavy atom. The Bertz CT molecular complexity index is 989. The van der Waals surface area contributed by atoms with Crippen molar-refractivity contribution >= 4 is 11.9 Å². The van der Waals surface area contributed by atoms with Crippen LogP contribution < -0.4 is 20.7 Å². The number of aromatic hydroxyl groups is 1. The van der Waals surface area contributed by atoms with Gasteiger partial charge in [0.05, 0.1) is 14.2 Å². The average molecular weight is 390 g/mol. The quantitative estimate of drug-likeness (QED) is 0.375. The maximum atomic E-state index is 12.5. The normalized spacial score (nSPS) is 11.0. The highest BCUT2D eigenvalue weighted by Gasteiger charge is 2.19. The van der Waals surface area contributed by atoms with Gasteiger partial charge in [-0.25, -0.2) is 4.79 Å². The van der Waals surface area contributed by atoms with Crippen molar-refractivity contribution in [2.24, 2.45) is 0 Å². The van der Waals surface area contributed by atoms with Crippen molar-refractivity contribution in [3.8, 4) is 17.4 Å². The second kappa shape index (κ2) is 9.56. The molecule has 0 fully saturated rings. The van der Waals surface area contributed by atoms with Crippen LogP contribution in [-0.4, -0.2) is 48.4 Å². The summed E-state index contributed by atoms with van der Waals surface area (Å²) in [6.45, 7) is 0.437. The molecule has 0 aliphatic carbocycles. The summed E-state index contributed by atoms with van der Waals surface area (Å²) in [4.78, 5) is 38.6. The molecule has 0 aliphatic rings. The predicted octanol–water partition coefficient (Wildman–Crippen LogP) is 1.19. The van der Waals surface area contributed by atoms with Crippen LogP contribution in [-0.2, 0) is 11.3 Å². The zero-order valence-electron chi connectivity index (χ0n) is 15.9. The maximum absolute atomic E-state index is 12.5. The van der Waals surface area contributed by atoms with E-state index in [0.717, 1.165) is 10.6 Å². The molecule has 0 saturated heterocycles. The first-order valence-corrected chi connectivity index (χ1v) is 8.42. The van der Waals surface area contributed by atoms with E-state index in [1.807, 2.05) is 4.98 Å². The fourth-order valence-corrected chi connectivity index (χ4v) is 2.57. The van der Waals surface area contributed by atoms with Gasteiger partial charge >= 0.3 is 5.69 Å². The summed E-state index contributed by atoms with van der Waals surface area (Å²) < 4.78 is 16.2. The summed E-state index contributed by atoms with van der Waals surface area (Å²) in [5.74, 6) is -0.394. The number of ether oxygens (including phenoxy) is 3. The number of carbonyl (C=O) groups excluding carboxylic acids is 1. The number of rotatable bonds is 9. The van der Waals surface area contributed by atoms with Gasteiger partial charge in [0.1, 0.15) is 17.1 Å². The van der Waals surface area contributed by atoms with E-state index < -0.39 is 28.5 Å². The number of carbonyl (C=O) groups is 1. The molecule has 2 rings (SSSR count). The molecular formula is C19H22N2O7. The van der Waals surface area contributed by atoms with E-state index in [2.05, 4.69) is 0 Å². The lowest BCUT2D eigenvalue weighted by molar-refractivity contribution is 0.104. The van der Waals surface area contributed by atoms with E-state index in [0.29, 0.717) is 30.1 Å². The van der Waals surface area contributed by atoms with Crippen molar-refractivity contribution in [2.75, 3.05) is 27.9 Å². The van der Waals surface area contributed by atoms with Crippen LogP contribution in [0, 0.1) is 0 Å². The Balaban J connectivity index is 2.39. The molecule has 0 saturated carbocycles. The minimum Gasteiger partial charge on any atom is -0.497 e. The molecule has 9 nitrogen and oxygen atoms in total. The van der Waals surface area contributed by atoms with Crippen LogP contribution in [0.1, 0.15) is 22.3 Å². The van der Waals surface area contributed by atoms with Gasteiger partial charge in [-0.2, -0.15) is 0 Å². The first kappa shape index (κ1) is 21.0. The molecule has 1 heterocycles. The third kappa shape index (κ3) is 4.68. The molecule has 0 unspecified atom stereocenters. The summed E-state index contributed by atoms with van der Waals surface area (Å²) in [7, 11) is 4.49. The second-order valence-corrected chi connectivity index (χ2v) is 5.76. The number of hydrogen-bond donors (Lipinski definition) is 2. The number of allylic oxidation sites excluding steroid dienone is 1. The number of nitrogens with zero attached hydrogens (tertiary/aromatic N) is 1. The summed E-state index contributed by atoms with van der Waals surface area (Å²) in [6, 6.07) is 5.02. The van der Waals surface area contributed by atoms with Crippen LogP contribution in [0.15, 0.2) is 33.9 Å². The zero-order chi connectivity index (χ0) is 20.7. The van der Waals surface area contributed by atoms with Gasteiger partial charge in [0.2, 0.25) is 5.88 Å². The highest BCUT2D eigenvalue weighted by molar-refractivity contribution is 6.08. The smallest absolute Gasteiger partial charge is 0.331 e. The lowest BCUT2D eigenvalue weighted by atomic mass is 10.1. The monoisotopic (exact) mass is 390 g/mol. The molecule has 9 heteroatoms. The van der Waals surface area contributed by atoms with Crippen LogP contribution in [0.4, 0.5) is 0 Å². The molecule has 0 radical (unpaired) electrons. The molecule has 0 spiro atoms. The Morgan fingerprint density at radius 2 is 1.96 bits per heavy atom. The first-order valence-electron chi connectivity index (χ1n) is 8.42. The van der Waals surface area contributed by atoms with Gasteiger partial charge < -0.3 is 19.3 Å². The Morgan fingerprint density at radius 1 is 1.21 bits per heavy atom. The molecule has 1 aromatic carbocycles. The average Bonchev–Trinajstić information content (AvgIpc) is 2.68. The number of benzene rings is 1. The molecule has 2 aromatic rings. The molecule has 2 N–H and O–H groups in total. The molecule has 150 valence electrons. The van der Waals surface area contributed by atoms with Crippen LogP contribution in [0.5, 0.6) is 17.4 Å². The van der Waals surface area contributed by atoms with Crippen molar-refractivity contribution in [1.82, 2.24) is 9.55 Å². The van der Waals surface area contributed by atoms with Crippen molar-refractivity contribution < 1.29 is 24.1 Å². The SMILES string of the molecule is COCCCn1c(O)c(C(=O)C=Cc2cc(OC)ccc2OC)c(=O)[nH]c1=O. The first-order chi connectivity index (χ1) is 13.4. The molecule has 0 amide bonds. The van der Waals surface area contributed by atoms with Crippen molar-refractivity contribution in [2.45, 2.75) is 13.0 Å². The Hall–Kier alpha value is -3.33. The third-order valence-corrected chi connectivity index (χ3v) is 4.00. The largest absolute Gasteiger partial charge is 0.497 e. The third-order valence-electron chi connectivity index (χ3n) is 4.00. The van der Waals surface area contributed by atoms with Gasteiger partial charge in [-0.05, 0) is 36.8 Å². The van der Waals surface area contributed by atoms with Crippen molar-refractivity contribution in [3.63, 3.8) is 0 Å². The zero-order valence-corrected chi connectivity index (χ0v) is 15.9. The van der Waals surface area contributed by atoms with Gasteiger partial charge in [-0.15, -0.1) is 0 Å². The van der Waals surface area contributed by atoms with Crippen LogP contribution in [0.25, 0.3) is 6.08 Å². The molecule has 28 heavy (non-hydrogen) atoms. The molecular weight excluding hydrogens is 368 g/mol. The van der Waals surface area contributed by atoms with Crippen LogP contribution >= 0.6 is 0 Å². The van der Waals surface area contributed by atoms with E-state index in [4.69, 9.17) is 14.2 Å². The van der Waals surface area contributed by atoms with E-state index in [-0.39, 0.29) is 6.54 Å². The van der Waals surface area contributed by atoms with Crippen LogP contribution in [0.3, 0.4) is 0 Å². The summed E-state index contributed by atoms with van der Waals surface area (Å²) in [5, 5.41) is 10.3. The molecule has 0 atom stereocenters. The van der Waals surface area contributed by atoms with E-state index >= 15 is 0 Å². The summed E-state index contributed by atoms with van der Waals surface area (Å²) in [6.07, 6.45) is 2.97. The fraction of sp³-hybridized carbons (Fsp3) is 0.316. The lowest BCUT2D eigenvalue weighted by Crippen LogP contribution is -2.33. The van der Waals surface area contributed by atoms with E-state index in [1.165, 1.54) is 27.4 Å². The predicted molar refractivity (Wildman–Crippen MR) is 102 cm³/mol. The number of methoxy groups -OCH3 is 3. The van der Waals surface area contributed by atoms with Gasteiger partial charge in [0, 0.05) is 25.8 Å². The van der Waals surface area contributed by atoms with E-state index in [1.54, 1.807) is 18.2 Å². The number of aromatic nitrogens is 2. The van der Waals surface area contributed by atoms with Gasteiger partial charge in [0.15, 0.2) is 5.78 Å². The Kier molecular flexibility index (Phi) is 7.16. The standard InChI is InChI=1S/C19H22N2O7/c1-26-10-4-9-21-18(24)16(17(23)20-19(21)25)14(22)7-5-12-11-13(27-2)6-8-15(12)28-3/h5-8,11,24H,4,9-10H2,1-3H3,(H,20,23,25). The minimum absolute atomic E-state index is 0.0863. The second-order valence-electron chi connectivity index (χ2n) is 5.76.